The van der Waals surface area contributed by atoms with Gasteiger partial charge >= 0.3 is 12.0 Å². The molecule has 1 unspecified atom stereocenters. The van der Waals surface area contributed by atoms with E-state index in [1.807, 2.05) is 4.90 Å². The molecule has 2 aliphatic rings. The summed E-state index contributed by atoms with van der Waals surface area (Å²) in [6.07, 6.45) is 3.84. The van der Waals surface area contributed by atoms with Crippen molar-refractivity contribution in [2.45, 2.75) is 38.1 Å². The van der Waals surface area contributed by atoms with Crippen LogP contribution < -0.4 is 5.32 Å². The van der Waals surface area contributed by atoms with Crippen LogP contribution in [-0.4, -0.2) is 65.7 Å². The average molecular weight is 269 g/mol. The Morgan fingerprint density at radius 3 is 2.74 bits per heavy atom. The van der Waals surface area contributed by atoms with Crippen molar-refractivity contribution >= 4 is 12.0 Å². The third kappa shape index (κ3) is 3.83. The lowest BCUT2D eigenvalue weighted by Gasteiger charge is -2.38. The molecule has 2 amide bonds. The molecule has 2 rings (SSSR count). The van der Waals surface area contributed by atoms with Crippen LogP contribution in [-0.2, 0) is 4.79 Å². The van der Waals surface area contributed by atoms with Crippen LogP contribution in [0.5, 0.6) is 0 Å². The first-order chi connectivity index (χ1) is 9.18. The van der Waals surface area contributed by atoms with Crippen molar-refractivity contribution < 1.29 is 14.7 Å². The van der Waals surface area contributed by atoms with Gasteiger partial charge in [-0.3, -0.25) is 4.79 Å². The highest BCUT2D eigenvalue weighted by molar-refractivity contribution is 5.76. The predicted molar refractivity (Wildman–Crippen MR) is 71.1 cm³/mol. The molecule has 0 aliphatic carbocycles. The van der Waals surface area contributed by atoms with Crippen LogP contribution >= 0.6 is 0 Å². The minimum Gasteiger partial charge on any atom is -0.481 e. The van der Waals surface area contributed by atoms with Crippen LogP contribution in [0.3, 0.4) is 0 Å². The number of carbonyl (C=O) groups is 2. The number of likely N-dealkylation sites (tertiary alicyclic amines) is 1. The molecule has 0 radical (unpaired) electrons. The van der Waals surface area contributed by atoms with Gasteiger partial charge in [-0.1, -0.05) is 0 Å². The van der Waals surface area contributed by atoms with Crippen LogP contribution in [0.15, 0.2) is 0 Å². The minimum absolute atomic E-state index is 0.0228. The fourth-order valence-corrected chi connectivity index (χ4v) is 2.88. The zero-order valence-corrected chi connectivity index (χ0v) is 11.3. The van der Waals surface area contributed by atoms with Crippen LogP contribution in [0, 0.1) is 0 Å². The molecule has 0 aromatic rings. The van der Waals surface area contributed by atoms with Crippen molar-refractivity contribution in [3.05, 3.63) is 0 Å². The first-order valence-electron chi connectivity index (χ1n) is 7.16. The fraction of sp³-hybridized carbons (Fsp3) is 0.846. The highest BCUT2D eigenvalue weighted by Crippen LogP contribution is 2.21. The Morgan fingerprint density at radius 2 is 1.95 bits per heavy atom. The van der Waals surface area contributed by atoms with Gasteiger partial charge in [0.1, 0.15) is 0 Å². The molecule has 6 nitrogen and oxygen atoms in total. The first-order valence-corrected chi connectivity index (χ1v) is 7.16. The van der Waals surface area contributed by atoms with Crippen molar-refractivity contribution in [1.82, 2.24) is 15.1 Å². The Balaban J connectivity index is 1.99. The molecule has 6 heteroatoms. The third-order valence-electron chi connectivity index (χ3n) is 3.89. The molecule has 19 heavy (non-hydrogen) atoms. The minimum atomic E-state index is -0.817. The number of urea groups is 1. The number of carboxylic acid groups (broad SMARTS) is 1. The van der Waals surface area contributed by atoms with Crippen molar-refractivity contribution in [3.8, 4) is 0 Å². The monoisotopic (exact) mass is 269 g/mol. The van der Waals surface area contributed by atoms with Crippen LogP contribution in [0.4, 0.5) is 4.79 Å². The van der Waals surface area contributed by atoms with Crippen LogP contribution in [0.2, 0.25) is 0 Å². The summed E-state index contributed by atoms with van der Waals surface area (Å²) in [5.41, 5.74) is 0. The summed E-state index contributed by atoms with van der Waals surface area (Å²) < 4.78 is 0. The second-order valence-corrected chi connectivity index (χ2v) is 5.31. The number of carbonyl (C=O) groups excluding carboxylic acids is 1. The predicted octanol–water partition coefficient (Wildman–Crippen LogP) is 0.731. The van der Waals surface area contributed by atoms with E-state index in [1.54, 1.807) is 4.90 Å². The lowest BCUT2D eigenvalue weighted by Crippen LogP contribution is -2.51. The molecule has 2 aliphatic heterocycles. The zero-order valence-electron chi connectivity index (χ0n) is 11.3. The maximum absolute atomic E-state index is 12.5. The Hall–Kier alpha value is -1.30. The molecule has 1 atom stereocenters. The molecular formula is C13H23N3O3. The average Bonchev–Trinajstić information content (AvgIpc) is 2.67. The van der Waals surface area contributed by atoms with Gasteiger partial charge in [0.25, 0.3) is 0 Å². The van der Waals surface area contributed by atoms with Gasteiger partial charge < -0.3 is 20.2 Å². The van der Waals surface area contributed by atoms with E-state index in [0.29, 0.717) is 6.54 Å². The lowest BCUT2D eigenvalue weighted by molar-refractivity contribution is -0.138. The van der Waals surface area contributed by atoms with Crippen LogP contribution in [0.1, 0.15) is 32.1 Å². The van der Waals surface area contributed by atoms with Crippen molar-refractivity contribution in [2.24, 2.45) is 0 Å². The third-order valence-corrected chi connectivity index (χ3v) is 3.89. The molecule has 0 aromatic heterocycles. The molecule has 0 spiro atoms. The van der Waals surface area contributed by atoms with E-state index in [4.69, 9.17) is 5.11 Å². The summed E-state index contributed by atoms with van der Waals surface area (Å²) in [4.78, 5) is 27.1. The standard InChI is InChI=1S/C13H23N3O3/c17-12(18)10-11-4-1-2-8-16(11)13(19)15-7-3-5-14-6-9-15/h11,14H,1-10H2,(H,17,18). The van der Waals surface area contributed by atoms with Crippen molar-refractivity contribution in [1.29, 1.82) is 0 Å². The summed E-state index contributed by atoms with van der Waals surface area (Å²) in [7, 11) is 0. The number of nitrogens with zero attached hydrogens (tertiary/aromatic N) is 2. The summed E-state index contributed by atoms with van der Waals surface area (Å²) in [6, 6.07) is -0.107. The van der Waals surface area contributed by atoms with E-state index >= 15 is 0 Å². The Kier molecular flexibility index (Phi) is 5.01. The van der Waals surface area contributed by atoms with Gasteiger partial charge in [-0.2, -0.15) is 0 Å². The maximum atomic E-state index is 12.5. The molecule has 0 aromatic carbocycles. The van der Waals surface area contributed by atoms with Gasteiger partial charge in [0.2, 0.25) is 0 Å². The van der Waals surface area contributed by atoms with Crippen LogP contribution in [0.25, 0.3) is 0 Å². The van der Waals surface area contributed by atoms with Gasteiger partial charge in [-0.25, -0.2) is 4.79 Å². The number of rotatable bonds is 2. The summed E-state index contributed by atoms with van der Waals surface area (Å²) in [5.74, 6) is -0.817. The van der Waals surface area contributed by atoms with Gasteiger partial charge in [0.15, 0.2) is 0 Å². The number of piperidine rings is 1. The quantitative estimate of drug-likeness (QED) is 0.775. The van der Waals surface area contributed by atoms with Gasteiger partial charge in [-0.05, 0) is 32.2 Å². The van der Waals surface area contributed by atoms with E-state index in [2.05, 4.69) is 5.32 Å². The van der Waals surface area contributed by atoms with E-state index in [-0.39, 0.29) is 18.5 Å². The van der Waals surface area contributed by atoms with Crippen molar-refractivity contribution in [2.75, 3.05) is 32.7 Å². The Labute approximate surface area is 113 Å². The summed E-state index contributed by atoms with van der Waals surface area (Å²) in [5, 5.41) is 12.2. The molecule has 108 valence electrons. The first kappa shape index (κ1) is 14.1. The number of carboxylic acids is 1. The van der Waals surface area contributed by atoms with E-state index in [9.17, 15) is 9.59 Å². The topological polar surface area (TPSA) is 72.9 Å². The second-order valence-electron chi connectivity index (χ2n) is 5.31. The number of amides is 2. The van der Waals surface area contributed by atoms with E-state index < -0.39 is 5.97 Å². The fourth-order valence-electron chi connectivity index (χ4n) is 2.88. The molecule has 2 fully saturated rings. The van der Waals surface area contributed by atoms with Gasteiger partial charge in [0.05, 0.1) is 6.42 Å². The smallest absolute Gasteiger partial charge is 0.320 e. The summed E-state index contributed by atoms with van der Waals surface area (Å²) in [6.45, 7) is 3.95. The number of hydrogen-bond donors (Lipinski definition) is 2. The Bertz CT molecular complexity index is 327. The van der Waals surface area contributed by atoms with Gasteiger partial charge in [0, 0.05) is 32.2 Å². The maximum Gasteiger partial charge on any atom is 0.320 e. The highest BCUT2D eigenvalue weighted by Gasteiger charge is 2.31. The molecular weight excluding hydrogens is 246 g/mol. The lowest BCUT2D eigenvalue weighted by atomic mass is 10.00. The van der Waals surface area contributed by atoms with Crippen molar-refractivity contribution in [3.63, 3.8) is 0 Å². The zero-order chi connectivity index (χ0) is 13.7. The summed E-state index contributed by atoms with van der Waals surface area (Å²) >= 11 is 0. The molecule has 2 heterocycles. The number of aliphatic carboxylic acids is 1. The molecule has 0 saturated carbocycles. The SMILES string of the molecule is O=C(O)CC1CCCCN1C(=O)N1CCCNCC1. The molecule has 2 N–H and O–H groups in total. The number of nitrogens with one attached hydrogen (secondary N) is 1. The highest BCUT2D eigenvalue weighted by atomic mass is 16.4. The molecule has 2 saturated heterocycles. The van der Waals surface area contributed by atoms with E-state index in [0.717, 1.165) is 51.9 Å². The largest absolute Gasteiger partial charge is 0.481 e. The molecule has 0 bridgehead atoms. The van der Waals surface area contributed by atoms with Gasteiger partial charge in [-0.15, -0.1) is 0 Å². The van der Waals surface area contributed by atoms with E-state index in [1.165, 1.54) is 0 Å². The normalized spacial score (nSPS) is 24.9. The second kappa shape index (κ2) is 6.75. The number of hydrogen-bond acceptors (Lipinski definition) is 3. The Morgan fingerprint density at radius 1 is 1.11 bits per heavy atom.